The number of benzene rings is 2. The van der Waals surface area contributed by atoms with E-state index in [1.54, 1.807) is 11.3 Å². The van der Waals surface area contributed by atoms with Crippen LogP contribution in [-0.2, 0) is 21.2 Å². The largest absolute Gasteiger partial charge is 0.325 e. The second kappa shape index (κ2) is 8.22. The van der Waals surface area contributed by atoms with Crippen LogP contribution in [0.25, 0.3) is 10.2 Å². The first kappa shape index (κ1) is 20.0. The number of hydrogen-bond donors (Lipinski definition) is 1. The molecule has 1 aromatic heterocycles. The molecule has 0 unspecified atom stereocenters. The molecule has 29 heavy (non-hydrogen) atoms. The summed E-state index contributed by atoms with van der Waals surface area (Å²) in [6, 6.07) is 15.1. The summed E-state index contributed by atoms with van der Waals surface area (Å²) in [6.45, 7) is 0.401. The first-order chi connectivity index (χ1) is 13.9. The zero-order valence-electron chi connectivity index (χ0n) is 16.2. The lowest BCUT2D eigenvalue weighted by Gasteiger charge is -2.32. The van der Waals surface area contributed by atoms with Gasteiger partial charge < -0.3 is 5.32 Å². The summed E-state index contributed by atoms with van der Waals surface area (Å²) >= 11 is 1.68. The molecule has 3 aromatic rings. The number of sulfonamides is 1. The van der Waals surface area contributed by atoms with E-state index in [0.717, 1.165) is 41.6 Å². The summed E-state index contributed by atoms with van der Waals surface area (Å²) in [7, 11) is -3.40. The Kier molecular flexibility index (Phi) is 5.67. The number of para-hydroxylation sites is 1. The number of carbonyl (C=O) groups excluding carboxylic acids is 1. The van der Waals surface area contributed by atoms with Crippen LogP contribution in [0.1, 0.15) is 29.8 Å². The van der Waals surface area contributed by atoms with Gasteiger partial charge in [0.15, 0.2) is 0 Å². The third kappa shape index (κ3) is 4.66. The van der Waals surface area contributed by atoms with E-state index in [4.69, 9.17) is 0 Å². The molecule has 0 saturated carbocycles. The molecule has 4 rings (SSSR count). The van der Waals surface area contributed by atoms with E-state index in [2.05, 4.69) is 16.4 Å². The number of nitrogens with zero attached hydrogens (tertiary/aromatic N) is 2. The lowest BCUT2D eigenvalue weighted by atomic mass is 10.0. The quantitative estimate of drug-likeness (QED) is 0.672. The minimum atomic E-state index is -3.40. The van der Waals surface area contributed by atoms with Gasteiger partial charge in [0.1, 0.15) is 6.04 Å². The number of rotatable bonds is 5. The van der Waals surface area contributed by atoms with Gasteiger partial charge in [-0.1, -0.05) is 30.7 Å². The van der Waals surface area contributed by atoms with Crippen LogP contribution < -0.4 is 5.32 Å². The molecule has 1 aliphatic heterocycles. The number of piperidine rings is 1. The minimum absolute atomic E-state index is 0.269. The van der Waals surface area contributed by atoms with Crippen molar-refractivity contribution in [2.45, 2.75) is 31.7 Å². The molecule has 1 amide bonds. The van der Waals surface area contributed by atoms with Crippen LogP contribution in [0.5, 0.6) is 0 Å². The molecule has 1 saturated heterocycles. The number of amides is 1. The van der Waals surface area contributed by atoms with Gasteiger partial charge >= 0.3 is 0 Å². The number of nitrogens with one attached hydrogen (secondary N) is 1. The average Bonchev–Trinajstić information content (AvgIpc) is 3.11. The molecule has 0 spiro atoms. The van der Waals surface area contributed by atoms with Crippen molar-refractivity contribution in [2.24, 2.45) is 0 Å². The van der Waals surface area contributed by atoms with Gasteiger partial charge in [0.25, 0.3) is 0 Å². The average molecular weight is 430 g/mol. The van der Waals surface area contributed by atoms with Gasteiger partial charge in [-0.25, -0.2) is 13.4 Å². The van der Waals surface area contributed by atoms with Gasteiger partial charge in [0.2, 0.25) is 15.9 Å². The van der Waals surface area contributed by atoms with Crippen molar-refractivity contribution in [1.29, 1.82) is 0 Å². The standard InChI is InChI=1S/C21H23N3O3S2/c1-29(26,27)24-13-5-4-7-18(24)21(25)22-16-11-9-15(10-12-16)14-20-23-17-6-2-3-8-19(17)28-20/h2-3,6,8-12,18H,4-5,7,13-14H2,1H3,(H,22,25)/t18-/m1/s1. The highest BCUT2D eigenvalue weighted by atomic mass is 32.2. The number of carbonyl (C=O) groups is 1. The molecule has 1 N–H and O–H groups in total. The Morgan fingerprint density at radius 2 is 1.93 bits per heavy atom. The van der Waals surface area contributed by atoms with Gasteiger partial charge in [-0.05, 0) is 42.7 Å². The van der Waals surface area contributed by atoms with Gasteiger partial charge in [0, 0.05) is 18.7 Å². The summed E-state index contributed by atoms with van der Waals surface area (Å²) in [5.74, 6) is -0.269. The number of anilines is 1. The minimum Gasteiger partial charge on any atom is -0.325 e. The highest BCUT2D eigenvalue weighted by molar-refractivity contribution is 7.88. The molecule has 1 fully saturated rings. The molecule has 2 heterocycles. The summed E-state index contributed by atoms with van der Waals surface area (Å²) < 4.78 is 26.4. The molecular weight excluding hydrogens is 406 g/mol. The smallest absolute Gasteiger partial charge is 0.242 e. The van der Waals surface area contributed by atoms with E-state index in [1.165, 1.54) is 9.01 Å². The molecule has 1 atom stereocenters. The lowest BCUT2D eigenvalue weighted by molar-refractivity contribution is -0.120. The first-order valence-electron chi connectivity index (χ1n) is 9.61. The maximum atomic E-state index is 12.7. The topological polar surface area (TPSA) is 79.4 Å². The molecule has 0 aliphatic carbocycles. The van der Waals surface area contributed by atoms with Crippen LogP contribution in [0.15, 0.2) is 48.5 Å². The molecule has 0 radical (unpaired) electrons. The van der Waals surface area contributed by atoms with E-state index in [9.17, 15) is 13.2 Å². The van der Waals surface area contributed by atoms with Crippen molar-refractivity contribution in [1.82, 2.24) is 9.29 Å². The molecule has 2 aromatic carbocycles. The fraction of sp³-hybridized carbons (Fsp3) is 0.333. The van der Waals surface area contributed by atoms with E-state index in [1.807, 2.05) is 42.5 Å². The Morgan fingerprint density at radius 1 is 1.17 bits per heavy atom. The zero-order chi connectivity index (χ0) is 20.4. The highest BCUT2D eigenvalue weighted by Crippen LogP contribution is 2.25. The lowest BCUT2D eigenvalue weighted by Crippen LogP contribution is -2.49. The predicted molar refractivity (Wildman–Crippen MR) is 117 cm³/mol. The first-order valence-corrected chi connectivity index (χ1v) is 12.3. The number of thiazole rings is 1. The van der Waals surface area contributed by atoms with E-state index in [0.29, 0.717) is 18.7 Å². The van der Waals surface area contributed by atoms with Crippen molar-refractivity contribution in [3.63, 3.8) is 0 Å². The van der Waals surface area contributed by atoms with Gasteiger partial charge in [0.05, 0.1) is 21.5 Å². The van der Waals surface area contributed by atoms with E-state index >= 15 is 0 Å². The Hall–Kier alpha value is -2.29. The SMILES string of the molecule is CS(=O)(=O)N1CCCC[C@@H]1C(=O)Nc1ccc(Cc2nc3ccccc3s2)cc1. The molecular formula is C21H23N3O3S2. The van der Waals surface area contributed by atoms with Crippen LogP contribution in [-0.4, -0.2) is 42.5 Å². The number of fused-ring (bicyclic) bond motifs is 1. The number of hydrogen-bond acceptors (Lipinski definition) is 5. The van der Waals surface area contributed by atoms with Gasteiger partial charge in [-0.3, -0.25) is 4.79 Å². The summed E-state index contributed by atoms with van der Waals surface area (Å²) in [4.78, 5) is 17.3. The maximum absolute atomic E-state index is 12.7. The monoisotopic (exact) mass is 429 g/mol. The molecule has 6 nitrogen and oxygen atoms in total. The second-order valence-electron chi connectivity index (χ2n) is 7.32. The maximum Gasteiger partial charge on any atom is 0.242 e. The van der Waals surface area contributed by atoms with Crippen molar-refractivity contribution in [3.8, 4) is 0 Å². The van der Waals surface area contributed by atoms with Crippen LogP contribution in [0.3, 0.4) is 0 Å². The van der Waals surface area contributed by atoms with Crippen molar-refractivity contribution in [2.75, 3.05) is 18.1 Å². The fourth-order valence-corrected chi connectivity index (χ4v) is 5.79. The van der Waals surface area contributed by atoms with Crippen LogP contribution in [0.4, 0.5) is 5.69 Å². The predicted octanol–water partition coefficient (Wildman–Crippen LogP) is 3.64. The normalized spacial score (nSPS) is 18.0. The van der Waals surface area contributed by atoms with Crippen molar-refractivity contribution >= 4 is 43.2 Å². The Balaban J connectivity index is 1.43. The third-order valence-corrected chi connectivity index (χ3v) is 7.42. The van der Waals surface area contributed by atoms with Crippen LogP contribution >= 0.6 is 11.3 Å². The van der Waals surface area contributed by atoms with Crippen molar-refractivity contribution < 1.29 is 13.2 Å². The highest BCUT2D eigenvalue weighted by Gasteiger charge is 2.34. The Morgan fingerprint density at radius 3 is 2.66 bits per heavy atom. The summed E-state index contributed by atoms with van der Waals surface area (Å²) in [6.07, 6.45) is 4.09. The van der Waals surface area contributed by atoms with Crippen LogP contribution in [0, 0.1) is 0 Å². The van der Waals surface area contributed by atoms with Crippen molar-refractivity contribution in [3.05, 3.63) is 59.1 Å². The van der Waals surface area contributed by atoms with E-state index < -0.39 is 16.1 Å². The van der Waals surface area contributed by atoms with E-state index in [-0.39, 0.29) is 5.91 Å². The Labute approximate surface area is 174 Å². The van der Waals surface area contributed by atoms with Crippen LogP contribution in [0.2, 0.25) is 0 Å². The fourth-order valence-electron chi connectivity index (χ4n) is 3.67. The molecule has 0 bridgehead atoms. The van der Waals surface area contributed by atoms with Gasteiger partial charge in [-0.2, -0.15) is 4.31 Å². The molecule has 1 aliphatic rings. The zero-order valence-corrected chi connectivity index (χ0v) is 17.8. The third-order valence-electron chi connectivity index (χ3n) is 5.10. The number of aromatic nitrogens is 1. The van der Waals surface area contributed by atoms with Gasteiger partial charge in [-0.15, -0.1) is 11.3 Å². The summed E-state index contributed by atoms with van der Waals surface area (Å²) in [5.41, 5.74) is 2.79. The Bertz CT molecular complexity index is 1090. The molecule has 8 heteroatoms. The molecule has 152 valence electrons. The second-order valence-corrected chi connectivity index (χ2v) is 10.4. The summed E-state index contributed by atoms with van der Waals surface area (Å²) in [5, 5.41) is 3.92.